The van der Waals surface area contributed by atoms with Crippen LogP contribution in [0, 0.1) is 6.92 Å². The van der Waals surface area contributed by atoms with Gasteiger partial charge < -0.3 is 15.4 Å². The molecule has 164 valence electrons. The smallest absolute Gasteiger partial charge is 0.261 e. The average molecular weight is 432 g/mol. The van der Waals surface area contributed by atoms with Crippen molar-refractivity contribution in [3.05, 3.63) is 16.6 Å². The highest BCUT2D eigenvalue weighted by Crippen LogP contribution is 2.33. The maximum Gasteiger partial charge on any atom is 0.261 e. The highest BCUT2D eigenvalue weighted by molar-refractivity contribution is 7.20. The summed E-state index contributed by atoms with van der Waals surface area (Å²) in [4.78, 5) is 17.6. The zero-order valence-electron chi connectivity index (χ0n) is 17.9. The van der Waals surface area contributed by atoms with E-state index in [2.05, 4.69) is 20.2 Å². The Hall–Kier alpha value is -1.48. The Morgan fingerprint density at radius 3 is 2.60 bits per heavy atom. The van der Waals surface area contributed by atoms with Crippen molar-refractivity contribution < 1.29 is 9.53 Å². The first-order valence-electron chi connectivity index (χ1n) is 11.5. The SMILES string of the molecule is Cc1nn(C2CCOCC2)c2sc(C(=O)N[C@H]3CC[C@@H](N4CCNCC4)CC3)cc12. The van der Waals surface area contributed by atoms with Gasteiger partial charge in [-0.2, -0.15) is 5.10 Å². The number of piperazine rings is 1. The van der Waals surface area contributed by atoms with Crippen LogP contribution in [0.3, 0.4) is 0 Å². The fourth-order valence-corrected chi connectivity index (χ4v) is 6.39. The van der Waals surface area contributed by atoms with Gasteiger partial charge >= 0.3 is 0 Å². The van der Waals surface area contributed by atoms with Crippen molar-refractivity contribution in [1.29, 1.82) is 0 Å². The normalized spacial score (nSPS) is 26.8. The number of hydrogen-bond donors (Lipinski definition) is 2. The summed E-state index contributed by atoms with van der Waals surface area (Å²) in [5.74, 6) is 0.0831. The van der Waals surface area contributed by atoms with Crippen LogP contribution in [0.1, 0.15) is 59.9 Å². The summed E-state index contributed by atoms with van der Waals surface area (Å²) in [7, 11) is 0. The van der Waals surface area contributed by atoms with Gasteiger partial charge in [0.2, 0.25) is 0 Å². The predicted octanol–water partition coefficient (Wildman–Crippen LogP) is 2.70. The van der Waals surface area contributed by atoms with E-state index < -0.39 is 0 Å². The van der Waals surface area contributed by atoms with E-state index in [1.807, 2.05) is 13.0 Å². The Labute approximate surface area is 182 Å². The first-order chi connectivity index (χ1) is 14.7. The maximum atomic E-state index is 13.0. The molecule has 2 aromatic rings. The Bertz CT molecular complexity index is 874. The van der Waals surface area contributed by atoms with E-state index in [4.69, 9.17) is 9.84 Å². The number of rotatable bonds is 4. The summed E-state index contributed by atoms with van der Waals surface area (Å²) < 4.78 is 7.65. The van der Waals surface area contributed by atoms with E-state index in [0.717, 1.165) is 85.9 Å². The average Bonchev–Trinajstić information content (AvgIpc) is 3.36. The van der Waals surface area contributed by atoms with Gasteiger partial charge in [0.05, 0.1) is 16.6 Å². The first-order valence-corrected chi connectivity index (χ1v) is 12.3. The number of carbonyl (C=O) groups is 1. The van der Waals surface area contributed by atoms with Crippen LogP contribution in [0.2, 0.25) is 0 Å². The molecule has 30 heavy (non-hydrogen) atoms. The van der Waals surface area contributed by atoms with Crippen LogP contribution in [-0.2, 0) is 4.74 Å². The first kappa shape index (κ1) is 20.4. The molecule has 7 nitrogen and oxygen atoms in total. The lowest BCUT2D eigenvalue weighted by Gasteiger charge is -2.39. The largest absolute Gasteiger partial charge is 0.381 e. The fourth-order valence-electron chi connectivity index (χ4n) is 5.25. The van der Waals surface area contributed by atoms with Gasteiger partial charge in [-0.05, 0) is 51.5 Å². The number of hydrogen-bond acceptors (Lipinski definition) is 6. The van der Waals surface area contributed by atoms with Crippen LogP contribution in [0.5, 0.6) is 0 Å². The molecule has 2 aliphatic heterocycles. The predicted molar refractivity (Wildman–Crippen MR) is 119 cm³/mol. The molecule has 0 aromatic carbocycles. The number of nitrogens with one attached hydrogen (secondary N) is 2. The standard InChI is InChI=1S/C22H33N5O2S/c1-15-19-14-20(30-22(19)27(25-15)18-6-12-29-13-7-18)21(28)24-16-2-4-17(5-3-16)26-10-8-23-9-11-26/h14,16-18,23H,2-13H2,1H3,(H,24,28)/t16-,17+. The third-order valence-electron chi connectivity index (χ3n) is 7.03. The molecule has 0 bridgehead atoms. The fraction of sp³-hybridized carbons (Fsp3) is 0.727. The lowest BCUT2D eigenvalue weighted by atomic mass is 9.90. The number of carbonyl (C=O) groups excluding carboxylic acids is 1. The second-order valence-electron chi connectivity index (χ2n) is 8.97. The summed E-state index contributed by atoms with van der Waals surface area (Å²) in [6.45, 7) is 8.16. The van der Waals surface area contributed by atoms with Gasteiger partial charge in [0.15, 0.2) is 0 Å². The topological polar surface area (TPSA) is 71.4 Å². The number of amides is 1. The van der Waals surface area contributed by atoms with Crippen LogP contribution in [0.25, 0.3) is 10.2 Å². The molecule has 3 aliphatic rings. The molecule has 0 atom stereocenters. The zero-order valence-corrected chi connectivity index (χ0v) is 18.7. The van der Waals surface area contributed by atoms with Crippen molar-refractivity contribution >= 4 is 27.5 Å². The minimum absolute atomic E-state index is 0.0831. The van der Waals surface area contributed by atoms with Crippen molar-refractivity contribution in [2.45, 2.75) is 63.6 Å². The van der Waals surface area contributed by atoms with Gasteiger partial charge in [-0.3, -0.25) is 14.4 Å². The molecule has 0 unspecified atom stereocenters. The molecule has 0 spiro atoms. The van der Waals surface area contributed by atoms with Crippen LogP contribution < -0.4 is 10.6 Å². The monoisotopic (exact) mass is 431 g/mol. The number of aryl methyl sites for hydroxylation is 1. The van der Waals surface area contributed by atoms with E-state index in [1.54, 1.807) is 11.3 Å². The molecule has 2 aromatic heterocycles. The van der Waals surface area contributed by atoms with Crippen LogP contribution in [-0.4, -0.2) is 72.1 Å². The van der Waals surface area contributed by atoms with Gasteiger partial charge in [0.1, 0.15) is 4.83 Å². The third kappa shape index (κ3) is 4.15. The van der Waals surface area contributed by atoms with Crippen LogP contribution >= 0.6 is 11.3 Å². The minimum Gasteiger partial charge on any atom is -0.381 e. The molecule has 0 radical (unpaired) electrons. The van der Waals surface area contributed by atoms with Crippen molar-refractivity contribution in [1.82, 2.24) is 25.3 Å². The molecular formula is C22H33N5O2S. The highest BCUT2D eigenvalue weighted by atomic mass is 32.1. The van der Waals surface area contributed by atoms with E-state index in [-0.39, 0.29) is 5.91 Å². The minimum atomic E-state index is 0.0831. The Balaban J connectivity index is 1.22. The molecule has 1 amide bonds. The van der Waals surface area contributed by atoms with Crippen molar-refractivity contribution in [2.75, 3.05) is 39.4 Å². The number of ether oxygens (including phenoxy) is 1. The third-order valence-corrected chi connectivity index (χ3v) is 8.15. The summed E-state index contributed by atoms with van der Waals surface area (Å²) in [5.41, 5.74) is 1.02. The number of thiophene rings is 1. The summed E-state index contributed by atoms with van der Waals surface area (Å²) in [5, 5.41) is 12.7. The van der Waals surface area contributed by atoms with Crippen molar-refractivity contribution in [2.24, 2.45) is 0 Å². The maximum absolute atomic E-state index is 13.0. The lowest BCUT2D eigenvalue weighted by molar-refractivity contribution is 0.0675. The van der Waals surface area contributed by atoms with Gasteiger partial charge in [-0.1, -0.05) is 0 Å². The molecule has 8 heteroatoms. The molecule has 2 saturated heterocycles. The number of nitrogens with zero attached hydrogens (tertiary/aromatic N) is 3. The van der Waals surface area contributed by atoms with Crippen molar-refractivity contribution in [3.63, 3.8) is 0 Å². The zero-order chi connectivity index (χ0) is 20.5. The van der Waals surface area contributed by atoms with Gasteiger partial charge in [0.25, 0.3) is 5.91 Å². The molecule has 1 saturated carbocycles. The van der Waals surface area contributed by atoms with E-state index in [9.17, 15) is 4.79 Å². The molecule has 4 heterocycles. The molecular weight excluding hydrogens is 398 g/mol. The van der Waals surface area contributed by atoms with E-state index in [1.165, 1.54) is 12.8 Å². The summed E-state index contributed by atoms with van der Waals surface area (Å²) in [6.07, 6.45) is 6.53. The van der Waals surface area contributed by atoms with Crippen molar-refractivity contribution in [3.8, 4) is 0 Å². The number of aromatic nitrogens is 2. The Kier molecular flexibility index (Phi) is 6.09. The molecule has 5 rings (SSSR count). The van der Waals surface area contributed by atoms with Crippen LogP contribution in [0.15, 0.2) is 6.07 Å². The summed E-state index contributed by atoms with van der Waals surface area (Å²) >= 11 is 1.59. The summed E-state index contributed by atoms with van der Waals surface area (Å²) in [6, 6.07) is 3.41. The van der Waals surface area contributed by atoms with Crippen LogP contribution in [0.4, 0.5) is 0 Å². The molecule has 3 fully saturated rings. The van der Waals surface area contributed by atoms with E-state index >= 15 is 0 Å². The van der Waals surface area contributed by atoms with Gasteiger partial charge in [-0.25, -0.2) is 0 Å². The quantitative estimate of drug-likeness (QED) is 0.779. The van der Waals surface area contributed by atoms with E-state index in [0.29, 0.717) is 18.1 Å². The van der Waals surface area contributed by atoms with Gasteiger partial charge in [-0.15, -0.1) is 11.3 Å². The van der Waals surface area contributed by atoms with Gasteiger partial charge in [0, 0.05) is 56.9 Å². The second kappa shape index (κ2) is 8.94. The Morgan fingerprint density at radius 1 is 1.13 bits per heavy atom. The lowest BCUT2D eigenvalue weighted by Crippen LogP contribution is -2.50. The number of fused-ring (bicyclic) bond motifs is 1. The highest BCUT2D eigenvalue weighted by Gasteiger charge is 2.28. The Morgan fingerprint density at radius 2 is 1.87 bits per heavy atom. The second-order valence-corrected chi connectivity index (χ2v) is 10.00. The molecule has 1 aliphatic carbocycles. The molecule has 2 N–H and O–H groups in total.